The van der Waals surface area contributed by atoms with Gasteiger partial charge in [0.05, 0.1) is 13.7 Å². The number of ether oxygens (including phenoxy) is 1. The summed E-state index contributed by atoms with van der Waals surface area (Å²) in [4.78, 5) is 20.8. The first-order valence-electron chi connectivity index (χ1n) is 16.0. The van der Waals surface area contributed by atoms with E-state index in [-0.39, 0.29) is 28.7 Å². The van der Waals surface area contributed by atoms with Gasteiger partial charge in [0.2, 0.25) is 5.95 Å². The van der Waals surface area contributed by atoms with E-state index in [1.54, 1.807) is 10.7 Å². The second kappa shape index (κ2) is 15.8. The van der Waals surface area contributed by atoms with Crippen LogP contribution in [0, 0.1) is 3.70 Å². The van der Waals surface area contributed by atoms with Gasteiger partial charge in [0.25, 0.3) is 8.32 Å². The van der Waals surface area contributed by atoms with Crippen LogP contribution in [0.15, 0.2) is 66.7 Å². The average Bonchev–Trinajstić information content (AvgIpc) is 3.38. The molecule has 0 radical (unpaired) electrons. The molecule has 3 aromatic heterocycles. The monoisotopic (exact) mass is 814 g/mol. The number of halogens is 2. The highest BCUT2D eigenvalue weighted by Crippen LogP contribution is 2.37. The van der Waals surface area contributed by atoms with E-state index in [0.717, 1.165) is 12.8 Å². The van der Waals surface area contributed by atoms with Crippen LogP contribution in [-0.4, -0.2) is 69.2 Å². The van der Waals surface area contributed by atoms with Crippen molar-refractivity contribution in [1.82, 2.24) is 29.9 Å². The Morgan fingerprint density at radius 1 is 1.04 bits per heavy atom. The fourth-order valence-corrected chi connectivity index (χ4v) is 11.5. The predicted octanol–water partition coefficient (Wildman–Crippen LogP) is 6.57. The Morgan fingerprint density at radius 2 is 1.69 bits per heavy atom. The van der Waals surface area contributed by atoms with Crippen molar-refractivity contribution in [1.29, 1.82) is 0 Å². The minimum atomic E-state index is -2.74. The number of carboxylic acid groups (broad SMARTS) is 1. The zero-order valence-electron chi connectivity index (χ0n) is 28.1. The van der Waals surface area contributed by atoms with Crippen molar-refractivity contribution in [2.75, 3.05) is 24.4 Å². The summed E-state index contributed by atoms with van der Waals surface area (Å²) < 4.78 is 15.0. The first kappa shape index (κ1) is 36.4. The molecule has 0 saturated carbocycles. The van der Waals surface area contributed by atoms with E-state index < -0.39 is 14.4 Å². The smallest absolute Gasteiger partial charge is 0.411 e. The zero-order valence-corrected chi connectivity index (χ0v) is 32.0. The van der Waals surface area contributed by atoms with Gasteiger partial charge in [0.15, 0.2) is 11.0 Å². The molecule has 2 aromatic carbocycles. The number of hydrogen-bond donors (Lipinski definition) is 3. The maximum atomic E-state index is 11.6. The van der Waals surface area contributed by atoms with Gasteiger partial charge in [-0.15, -0.1) is 10.2 Å². The molecule has 1 atom stereocenters. The van der Waals surface area contributed by atoms with Crippen molar-refractivity contribution in [2.45, 2.75) is 64.6 Å². The van der Waals surface area contributed by atoms with Crippen LogP contribution in [-0.2, 0) is 11.0 Å². The Labute approximate surface area is 305 Å². The van der Waals surface area contributed by atoms with E-state index >= 15 is 0 Å². The SMILES string of the molecule is CCCC(CCO[Si](c1ccccc1)(c1ccccc1)C(C)(C)C)Nc1nc(NC(=O)O)nc2c(I)nn(Cc3nnc(Cl)cc3OC)c12. The van der Waals surface area contributed by atoms with Crippen LogP contribution in [0.4, 0.5) is 16.6 Å². The van der Waals surface area contributed by atoms with E-state index in [1.807, 2.05) is 12.1 Å². The molecule has 3 heterocycles. The van der Waals surface area contributed by atoms with Gasteiger partial charge >= 0.3 is 6.09 Å². The fraction of sp³-hybridized carbons (Fsp3) is 0.353. The van der Waals surface area contributed by atoms with Crippen molar-refractivity contribution in [3.05, 3.63) is 81.3 Å². The van der Waals surface area contributed by atoms with E-state index in [9.17, 15) is 9.90 Å². The van der Waals surface area contributed by atoms with Crippen LogP contribution in [0.2, 0.25) is 10.2 Å². The Bertz CT molecular complexity index is 1850. The van der Waals surface area contributed by atoms with Crippen LogP contribution in [0.1, 0.15) is 52.7 Å². The van der Waals surface area contributed by atoms with Crippen LogP contribution in [0.5, 0.6) is 5.75 Å². The summed E-state index contributed by atoms with van der Waals surface area (Å²) in [5.74, 6) is 0.846. The van der Waals surface area contributed by atoms with E-state index in [1.165, 1.54) is 17.5 Å². The van der Waals surface area contributed by atoms with Gasteiger partial charge in [-0.2, -0.15) is 10.1 Å². The minimum Gasteiger partial charge on any atom is -0.495 e. The largest absolute Gasteiger partial charge is 0.495 e. The molecule has 1 unspecified atom stereocenters. The average molecular weight is 815 g/mol. The number of amides is 1. The Morgan fingerprint density at radius 3 is 2.27 bits per heavy atom. The molecule has 5 aromatic rings. The van der Waals surface area contributed by atoms with Crippen LogP contribution >= 0.6 is 34.2 Å². The normalized spacial score (nSPS) is 12.6. The standard InChI is InChI=1S/C34H40ClIN8O4Si/c1-6-13-22(18-19-48-49(34(2,3)4,23-14-9-7-10-15-23)24-16-11-8-12-17-24)37-31-29-28(38-32(39-31)40-33(45)46)30(36)43-44(29)21-25-26(47-5)20-27(35)42-41-25/h7-12,14-17,20,22H,6,13,18-19,21H2,1-5H3,(H,45,46)(H2,37,38,39,40). The molecule has 0 aliphatic rings. The second-order valence-electron chi connectivity index (χ2n) is 12.6. The maximum absolute atomic E-state index is 11.6. The highest BCUT2D eigenvalue weighted by Gasteiger charge is 2.50. The summed E-state index contributed by atoms with van der Waals surface area (Å²) in [7, 11) is -1.21. The molecule has 0 saturated heterocycles. The third-order valence-electron chi connectivity index (χ3n) is 8.26. The number of nitrogens with one attached hydrogen (secondary N) is 2. The number of nitrogens with zero attached hydrogens (tertiary/aromatic N) is 6. The molecule has 12 nitrogen and oxygen atoms in total. The topological polar surface area (TPSA) is 149 Å². The summed E-state index contributed by atoms with van der Waals surface area (Å²) in [5, 5.41) is 30.9. The number of hydrogen-bond acceptors (Lipinski definition) is 9. The van der Waals surface area contributed by atoms with Gasteiger partial charge < -0.3 is 19.6 Å². The highest BCUT2D eigenvalue weighted by molar-refractivity contribution is 14.1. The van der Waals surface area contributed by atoms with Gasteiger partial charge in [0, 0.05) is 18.7 Å². The lowest BCUT2D eigenvalue weighted by atomic mass is 10.1. The summed E-state index contributed by atoms with van der Waals surface area (Å²) >= 11 is 8.15. The molecular formula is C34H40ClIN8O4Si. The molecule has 5 rings (SSSR count). The molecular weight excluding hydrogens is 775 g/mol. The quantitative estimate of drug-likeness (QED) is 0.0831. The van der Waals surface area contributed by atoms with Crippen molar-refractivity contribution in [2.24, 2.45) is 0 Å². The van der Waals surface area contributed by atoms with Crippen LogP contribution in [0.25, 0.3) is 11.0 Å². The number of carbonyl (C=O) groups is 1. The summed E-state index contributed by atoms with van der Waals surface area (Å²) in [6, 6.07) is 22.7. The third-order valence-corrected chi connectivity index (χ3v) is 14.2. The first-order chi connectivity index (χ1) is 23.5. The predicted molar refractivity (Wildman–Crippen MR) is 203 cm³/mol. The number of fused-ring (bicyclic) bond motifs is 1. The molecule has 0 aliphatic carbocycles. The van der Waals surface area contributed by atoms with Crippen LogP contribution < -0.4 is 25.7 Å². The Hall–Kier alpha value is -3.86. The van der Waals surface area contributed by atoms with Gasteiger partial charge in [0.1, 0.15) is 26.2 Å². The molecule has 0 aliphatic heterocycles. The number of anilines is 2. The Balaban J connectivity index is 1.51. The molecule has 3 N–H and O–H groups in total. The van der Waals surface area contributed by atoms with Gasteiger partial charge in [-0.05, 0) is 50.8 Å². The molecule has 15 heteroatoms. The summed E-state index contributed by atoms with van der Waals surface area (Å²) in [6.45, 7) is 9.60. The number of benzene rings is 2. The van der Waals surface area contributed by atoms with Gasteiger partial charge in [-0.25, -0.2) is 9.78 Å². The second-order valence-corrected chi connectivity index (χ2v) is 18.3. The summed E-state index contributed by atoms with van der Waals surface area (Å²) in [6.07, 6.45) is 1.13. The molecule has 1 amide bonds. The summed E-state index contributed by atoms with van der Waals surface area (Å²) in [5.41, 5.74) is 1.59. The molecule has 0 spiro atoms. The maximum Gasteiger partial charge on any atom is 0.411 e. The lowest BCUT2D eigenvalue weighted by Gasteiger charge is -2.43. The van der Waals surface area contributed by atoms with E-state index in [0.29, 0.717) is 45.0 Å². The van der Waals surface area contributed by atoms with E-state index in [2.05, 4.69) is 130 Å². The number of rotatable bonds is 14. The van der Waals surface area contributed by atoms with Crippen LogP contribution in [0.3, 0.4) is 0 Å². The first-order valence-corrected chi connectivity index (χ1v) is 19.3. The molecule has 0 bridgehead atoms. The van der Waals surface area contributed by atoms with Gasteiger partial charge in [-0.1, -0.05) is 106 Å². The highest BCUT2D eigenvalue weighted by atomic mass is 127. The molecule has 49 heavy (non-hydrogen) atoms. The number of methoxy groups -OCH3 is 1. The van der Waals surface area contributed by atoms with Crippen molar-refractivity contribution in [3.63, 3.8) is 0 Å². The fourth-order valence-electron chi connectivity index (χ4n) is 6.17. The van der Waals surface area contributed by atoms with E-state index in [4.69, 9.17) is 25.9 Å². The van der Waals surface area contributed by atoms with Crippen molar-refractivity contribution < 1.29 is 19.1 Å². The lowest BCUT2D eigenvalue weighted by molar-refractivity contribution is 0.209. The molecule has 0 fully saturated rings. The minimum absolute atomic E-state index is 0.0531. The lowest BCUT2D eigenvalue weighted by Crippen LogP contribution is -2.66. The molecule has 258 valence electrons. The Kier molecular flexibility index (Phi) is 11.7. The van der Waals surface area contributed by atoms with Gasteiger partial charge in [-0.3, -0.25) is 10.00 Å². The van der Waals surface area contributed by atoms with Crippen molar-refractivity contribution >= 4 is 81.8 Å². The third kappa shape index (κ3) is 8.14. The number of aromatic nitrogens is 6. The van der Waals surface area contributed by atoms with Crippen molar-refractivity contribution in [3.8, 4) is 5.75 Å². The zero-order chi connectivity index (χ0) is 35.2.